The highest BCUT2D eigenvalue weighted by atomic mass is 16.4. The van der Waals surface area contributed by atoms with Gasteiger partial charge in [0.2, 0.25) is 0 Å². The van der Waals surface area contributed by atoms with Gasteiger partial charge in [-0.05, 0) is 42.8 Å². The van der Waals surface area contributed by atoms with Crippen LogP contribution in [-0.2, 0) is 0 Å². The minimum Gasteiger partial charge on any atom is -0.477 e. The SMILES string of the molecule is Cc1cc(N)ccc1-n1cccc1C(=O)O. The van der Waals surface area contributed by atoms with Gasteiger partial charge in [0, 0.05) is 17.6 Å². The van der Waals surface area contributed by atoms with Crippen LogP contribution >= 0.6 is 0 Å². The molecular weight excluding hydrogens is 204 g/mol. The van der Waals surface area contributed by atoms with Crippen molar-refractivity contribution in [1.82, 2.24) is 4.57 Å². The molecule has 1 aromatic heterocycles. The molecule has 0 amide bonds. The van der Waals surface area contributed by atoms with E-state index >= 15 is 0 Å². The van der Waals surface area contributed by atoms with Gasteiger partial charge >= 0.3 is 5.97 Å². The predicted octanol–water partition coefficient (Wildman–Crippen LogP) is 2.07. The molecule has 0 saturated heterocycles. The summed E-state index contributed by atoms with van der Waals surface area (Å²) < 4.78 is 1.64. The van der Waals surface area contributed by atoms with Gasteiger partial charge in [-0.3, -0.25) is 0 Å². The number of aromatic carboxylic acids is 1. The highest BCUT2D eigenvalue weighted by Gasteiger charge is 2.11. The Morgan fingerprint density at radius 1 is 1.38 bits per heavy atom. The lowest BCUT2D eigenvalue weighted by atomic mass is 10.1. The van der Waals surface area contributed by atoms with E-state index < -0.39 is 5.97 Å². The molecule has 82 valence electrons. The second-order valence-corrected chi connectivity index (χ2v) is 3.61. The van der Waals surface area contributed by atoms with Crippen molar-refractivity contribution < 1.29 is 9.90 Å². The van der Waals surface area contributed by atoms with Crippen LogP contribution in [0, 0.1) is 6.92 Å². The first-order valence-electron chi connectivity index (χ1n) is 4.87. The van der Waals surface area contributed by atoms with Crippen molar-refractivity contribution in [2.75, 3.05) is 5.73 Å². The Morgan fingerprint density at radius 2 is 2.12 bits per heavy atom. The zero-order valence-electron chi connectivity index (χ0n) is 8.84. The molecule has 0 radical (unpaired) electrons. The van der Waals surface area contributed by atoms with Crippen molar-refractivity contribution in [1.29, 1.82) is 0 Å². The van der Waals surface area contributed by atoms with Crippen molar-refractivity contribution in [2.45, 2.75) is 6.92 Å². The Balaban J connectivity index is 2.59. The minimum atomic E-state index is -0.943. The monoisotopic (exact) mass is 216 g/mol. The van der Waals surface area contributed by atoms with Gasteiger partial charge in [0.25, 0.3) is 0 Å². The third-order valence-corrected chi connectivity index (χ3v) is 2.45. The van der Waals surface area contributed by atoms with Gasteiger partial charge in [-0.15, -0.1) is 0 Å². The molecule has 0 atom stereocenters. The molecule has 1 aromatic carbocycles. The molecule has 0 spiro atoms. The molecule has 2 rings (SSSR count). The van der Waals surface area contributed by atoms with Crippen LogP contribution in [-0.4, -0.2) is 15.6 Å². The predicted molar refractivity (Wildman–Crippen MR) is 61.9 cm³/mol. The summed E-state index contributed by atoms with van der Waals surface area (Å²) in [6.45, 7) is 1.90. The average Bonchev–Trinajstić information content (AvgIpc) is 2.66. The Morgan fingerprint density at radius 3 is 2.75 bits per heavy atom. The molecule has 0 saturated carbocycles. The van der Waals surface area contributed by atoms with Crippen LogP contribution in [0.4, 0.5) is 5.69 Å². The fraction of sp³-hybridized carbons (Fsp3) is 0.0833. The van der Waals surface area contributed by atoms with Gasteiger partial charge in [-0.2, -0.15) is 0 Å². The minimum absolute atomic E-state index is 0.243. The van der Waals surface area contributed by atoms with E-state index in [0.717, 1.165) is 11.3 Å². The number of aryl methyl sites for hydroxylation is 1. The molecule has 0 fully saturated rings. The topological polar surface area (TPSA) is 68.2 Å². The summed E-state index contributed by atoms with van der Waals surface area (Å²) >= 11 is 0. The lowest BCUT2D eigenvalue weighted by molar-refractivity contribution is 0.0688. The molecule has 1 heterocycles. The van der Waals surface area contributed by atoms with Crippen molar-refractivity contribution in [2.24, 2.45) is 0 Å². The van der Waals surface area contributed by atoms with Gasteiger partial charge in [-0.25, -0.2) is 4.79 Å². The van der Waals surface area contributed by atoms with Crippen LogP contribution < -0.4 is 5.73 Å². The normalized spacial score (nSPS) is 10.3. The number of anilines is 1. The number of nitrogens with zero attached hydrogens (tertiary/aromatic N) is 1. The maximum Gasteiger partial charge on any atom is 0.352 e. The van der Waals surface area contributed by atoms with Gasteiger partial charge in [0.1, 0.15) is 5.69 Å². The van der Waals surface area contributed by atoms with Crippen LogP contribution in [0.3, 0.4) is 0 Å². The van der Waals surface area contributed by atoms with Gasteiger partial charge in [0.05, 0.1) is 0 Å². The Kier molecular flexibility index (Phi) is 2.40. The highest BCUT2D eigenvalue weighted by molar-refractivity contribution is 5.86. The Bertz CT molecular complexity index is 544. The van der Waals surface area contributed by atoms with E-state index in [2.05, 4.69) is 0 Å². The summed E-state index contributed by atoms with van der Waals surface area (Å²) in [5.74, 6) is -0.943. The van der Waals surface area contributed by atoms with Crippen LogP contribution in [0.2, 0.25) is 0 Å². The van der Waals surface area contributed by atoms with Crippen LogP contribution in [0.1, 0.15) is 16.1 Å². The van der Waals surface area contributed by atoms with Crippen LogP contribution in [0.15, 0.2) is 36.5 Å². The van der Waals surface area contributed by atoms with E-state index in [9.17, 15) is 4.79 Å². The third kappa shape index (κ3) is 1.65. The van der Waals surface area contributed by atoms with E-state index in [4.69, 9.17) is 10.8 Å². The number of aromatic nitrogens is 1. The van der Waals surface area contributed by atoms with Crippen LogP contribution in [0.5, 0.6) is 0 Å². The fourth-order valence-corrected chi connectivity index (χ4v) is 1.71. The molecule has 0 bridgehead atoms. The molecule has 4 heteroatoms. The lowest BCUT2D eigenvalue weighted by Gasteiger charge is -2.10. The molecule has 0 aliphatic carbocycles. The largest absolute Gasteiger partial charge is 0.477 e. The molecule has 4 nitrogen and oxygen atoms in total. The first kappa shape index (κ1) is 10.3. The van der Waals surface area contributed by atoms with Crippen molar-refractivity contribution >= 4 is 11.7 Å². The molecule has 16 heavy (non-hydrogen) atoms. The summed E-state index contributed by atoms with van der Waals surface area (Å²) in [4.78, 5) is 11.0. The number of carboxylic acids is 1. The molecule has 0 aliphatic heterocycles. The summed E-state index contributed by atoms with van der Waals surface area (Å²) in [6.07, 6.45) is 1.72. The highest BCUT2D eigenvalue weighted by Crippen LogP contribution is 2.19. The van der Waals surface area contributed by atoms with Crippen molar-refractivity contribution in [3.05, 3.63) is 47.8 Å². The summed E-state index contributed by atoms with van der Waals surface area (Å²) in [7, 11) is 0. The number of hydrogen-bond acceptors (Lipinski definition) is 2. The van der Waals surface area contributed by atoms with Crippen molar-refractivity contribution in [3.63, 3.8) is 0 Å². The van der Waals surface area contributed by atoms with Gasteiger partial charge < -0.3 is 15.4 Å². The zero-order valence-corrected chi connectivity index (χ0v) is 8.84. The second-order valence-electron chi connectivity index (χ2n) is 3.61. The first-order valence-corrected chi connectivity index (χ1v) is 4.87. The summed E-state index contributed by atoms with van der Waals surface area (Å²) in [6, 6.07) is 8.67. The number of rotatable bonds is 2. The number of hydrogen-bond donors (Lipinski definition) is 2. The lowest BCUT2D eigenvalue weighted by Crippen LogP contribution is -2.07. The average molecular weight is 216 g/mol. The van der Waals surface area contributed by atoms with E-state index in [1.165, 1.54) is 0 Å². The smallest absolute Gasteiger partial charge is 0.352 e. The molecule has 3 N–H and O–H groups in total. The van der Waals surface area contributed by atoms with E-state index in [1.807, 2.05) is 19.1 Å². The number of carboxylic acid groups (broad SMARTS) is 1. The standard InChI is InChI=1S/C12H12N2O2/c1-8-7-9(13)4-5-10(8)14-6-2-3-11(14)12(15)16/h2-7H,13H2,1H3,(H,15,16). The maximum absolute atomic E-state index is 11.0. The summed E-state index contributed by atoms with van der Waals surface area (Å²) in [5, 5.41) is 9.02. The van der Waals surface area contributed by atoms with E-state index in [-0.39, 0.29) is 5.69 Å². The van der Waals surface area contributed by atoms with E-state index in [1.54, 1.807) is 29.0 Å². The van der Waals surface area contributed by atoms with Gasteiger partial charge in [-0.1, -0.05) is 0 Å². The molecule has 0 unspecified atom stereocenters. The third-order valence-electron chi connectivity index (χ3n) is 2.45. The van der Waals surface area contributed by atoms with Crippen molar-refractivity contribution in [3.8, 4) is 5.69 Å². The fourth-order valence-electron chi connectivity index (χ4n) is 1.71. The molecule has 2 aromatic rings. The number of carbonyl (C=O) groups is 1. The van der Waals surface area contributed by atoms with Gasteiger partial charge in [0.15, 0.2) is 0 Å². The molecular formula is C12H12N2O2. The maximum atomic E-state index is 11.0. The van der Waals surface area contributed by atoms with Crippen LogP contribution in [0.25, 0.3) is 5.69 Å². The second kappa shape index (κ2) is 3.73. The van der Waals surface area contributed by atoms with E-state index in [0.29, 0.717) is 5.69 Å². The number of nitrogens with two attached hydrogens (primary N) is 1. The summed E-state index contributed by atoms with van der Waals surface area (Å²) in [5.41, 5.74) is 8.34. The Labute approximate surface area is 92.9 Å². The molecule has 0 aliphatic rings. The zero-order chi connectivity index (χ0) is 11.7. The number of nitrogen functional groups attached to an aromatic ring is 1. The quantitative estimate of drug-likeness (QED) is 0.755. The first-order chi connectivity index (χ1) is 7.59. The Hall–Kier alpha value is -2.23. The number of benzene rings is 1.